The second-order valence-corrected chi connectivity index (χ2v) is 2.94. The van der Waals surface area contributed by atoms with Crippen LogP contribution in [0.25, 0.3) is 0 Å². The fraction of sp³-hybridized carbons (Fsp3) is 0.500. The summed E-state index contributed by atoms with van der Waals surface area (Å²) in [6, 6.07) is 0. The minimum atomic E-state index is -6.07. The number of halogens is 9. The number of hydrogen-bond acceptors (Lipinski definition) is 2. The van der Waals surface area contributed by atoms with Crippen LogP contribution in [0.3, 0.4) is 0 Å². The van der Waals surface area contributed by atoms with Crippen molar-refractivity contribution in [3.05, 3.63) is 25.1 Å². The van der Waals surface area contributed by atoms with Crippen LogP contribution in [0.2, 0.25) is 0 Å². The molecule has 0 spiro atoms. The van der Waals surface area contributed by atoms with Crippen LogP contribution in [0.15, 0.2) is 25.1 Å². The molecule has 0 saturated carbocycles. The van der Waals surface area contributed by atoms with Crippen LogP contribution in [0.1, 0.15) is 0 Å². The molecule has 1 atom stereocenters. The smallest absolute Gasteiger partial charge is 0.266 e. The van der Waals surface area contributed by atoms with E-state index in [4.69, 9.17) is 0 Å². The van der Waals surface area contributed by atoms with Crippen molar-refractivity contribution in [1.29, 1.82) is 0 Å². The van der Waals surface area contributed by atoms with Crippen molar-refractivity contribution < 1.29 is 49.0 Å². The second kappa shape index (κ2) is 5.04. The van der Waals surface area contributed by atoms with Crippen LogP contribution in [-0.4, -0.2) is 24.4 Å². The summed E-state index contributed by atoms with van der Waals surface area (Å²) in [6.45, 7) is 4.21. The predicted octanol–water partition coefficient (Wildman–Crippen LogP) is 4.06. The third-order valence-electron chi connectivity index (χ3n) is 1.50. The summed E-state index contributed by atoms with van der Waals surface area (Å²) in [7, 11) is 0. The van der Waals surface area contributed by atoms with Crippen molar-refractivity contribution in [3.63, 3.8) is 0 Å². The molecule has 0 aliphatic heterocycles. The second-order valence-electron chi connectivity index (χ2n) is 2.94. The van der Waals surface area contributed by atoms with Gasteiger partial charge in [-0.2, -0.15) is 22.0 Å². The first-order valence-electron chi connectivity index (χ1n) is 4.07. The number of hydrogen-bond donors (Lipinski definition) is 0. The summed E-state index contributed by atoms with van der Waals surface area (Å²) in [5, 5.41) is 0. The van der Waals surface area contributed by atoms with Gasteiger partial charge in [-0.1, -0.05) is 13.2 Å². The van der Waals surface area contributed by atoms with E-state index in [1.807, 2.05) is 11.3 Å². The molecule has 2 nitrogen and oxygen atoms in total. The van der Waals surface area contributed by atoms with Crippen molar-refractivity contribution >= 4 is 0 Å². The van der Waals surface area contributed by atoms with E-state index >= 15 is 0 Å². The Kier molecular flexibility index (Phi) is 4.71. The maximum Gasteiger partial charge on any atom is 0.527 e. The van der Waals surface area contributed by atoms with E-state index in [2.05, 4.69) is 11.3 Å². The van der Waals surface area contributed by atoms with E-state index < -0.39 is 36.3 Å². The van der Waals surface area contributed by atoms with E-state index in [1.165, 1.54) is 0 Å². The van der Waals surface area contributed by atoms with Crippen LogP contribution >= 0.6 is 0 Å². The average molecular weight is 304 g/mol. The molecule has 0 rings (SSSR count). The topological polar surface area (TPSA) is 18.5 Å². The fourth-order valence-corrected chi connectivity index (χ4v) is 0.677. The van der Waals surface area contributed by atoms with Crippen LogP contribution in [-0.2, 0) is 9.47 Å². The Morgan fingerprint density at radius 2 is 1.32 bits per heavy atom. The highest BCUT2D eigenvalue weighted by molar-refractivity contribution is 5.00. The Labute approximate surface area is 99.6 Å². The Morgan fingerprint density at radius 3 is 1.58 bits per heavy atom. The first kappa shape index (κ1) is 17.8. The summed E-state index contributed by atoms with van der Waals surface area (Å²) in [5.41, 5.74) is 0. The zero-order valence-electron chi connectivity index (χ0n) is 8.71. The molecule has 0 aromatic carbocycles. The molecule has 0 heterocycles. The SMILES string of the molecule is C=CC(F)(OC(F)(F)C(=C)F)C(F)(F)OC(F)(F)F. The molecule has 0 saturated heterocycles. The van der Waals surface area contributed by atoms with Gasteiger partial charge in [0.05, 0.1) is 0 Å². The molecule has 0 aliphatic carbocycles. The molecule has 0 fully saturated rings. The minimum absolute atomic E-state index is 0.740. The molecule has 0 aliphatic rings. The van der Waals surface area contributed by atoms with Crippen molar-refractivity contribution in [3.8, 4) is 0 Å². The van der Waals surface area contributed by atoms with Gasteiger partial charge in [-0.05, 0) is 6.08 Å². The maximum absolute atomic E-state index is 13.3. The third kappa shape index (κ3) is 4.42. The number of alkyl halides is 8. The third-order valence-corrected chi connectivity index (χ3v) is 1.50. The minimum Gasteiger partial charge on any atom is -0.266 e. The molecule has 0 N–H and O–H groups in total. The zero-order chi connectivity index (χ0) is 15.7. The summed E-state index contributed by atoms with van der Waals surface area (Å²) in [4.78, 5) is 0. The standard InChI is InChI=1S/C8H5F9O2/c1-3-5(10,18-6(11,12)4(2)9)7(13,14)19-8(15,16)17/h3H,1-2H2. The van der Waals surface area contributed by atoms with Gasteiger partial charge in [0.1, 0.15) is 0 Å². The molecule has 112 valence electrons. The normalized spacial score (nSPS) is 16.9. The van der Waals surface area contributed by atoms with Crippen LogP contribution in [0, 0.1) is 0 Å². The van der Waals surface area contributed by atoms with Crippen LogP contribution < -0.4 is 0 Å². The van der Waals surface area contributed by atoms with E-state index in [-0.39, 0.29) is 0 Å². The van der Waals surface area contributed by atoms with Gasteiger partial charge in [0, 0.05) is 0 Å². The van der Waals surface area contributed by atoms with Gasteiger partial charge >= 0.3 is 24.4 Å². The molecule has 0 bridgehead atoms. The highest BCUT2D eigenvalue weighted by Gasteiger charge is 2.65. The summed E-state index contributed by atoms with van der Waals surface area (Å²) in [6.07, 6.45) is -18.1. The van der Waals surface area contributed by atoms with Gasteiger partial charge in [-0.3, -0.25) is 4.74 Å². The quantitative estimate of drug-likeness (QED) is 0.544. The molecule has 11 heteroatoms. The molecular weight excluding hydrogens is 299 g/mol. The Morgan fingerprint density at radius 1 is 0.895 bits per heavy atom. The molecule has 0 radical (unpaired) electrons. The predicted molar refractivity (Wildman–Crippen MR) is 42.4 cm³/mol. The first-order chi connectivity index (χ1) is 8.17. The lowest BCUT2D eigenvalue weighted by Crippen LogP contribution is -2.52. The molecule has 0 aromatic heterocycles. The van der Waals surface area contributed by atoms with E-state index in [9.17, 15) is 39.5 Å². The lowest BCUT2D eigenvalue weighted by molar-refractivity contribution is -0.488. The van der Waals surface area contributed by atoms with Crippen LogP contribution in [0.5, 0.6) is 0 Å². The maximum atomic E-state index is 13.3. The summed E-state index contributed by atoms with van der Waals surface area (Å²) < 4.78 is 115. The average Bonchev–Trinajstić information content (AvgIpc) is 2.12. The number of rotatable bonds is 6. The Balaban J connectivity index is 5.37. The zero-order valence-corrected chi connectivity index (χ0v) is 8.71. The highest BCUT2D eigenvalue weighted by atomic mass is 19.4. The van der Waals surface area contributed by atoms with E-state index in [0.717, 1.165) is 0 Å². The van der Waals surface area contributed by atoms with Crippen molar-refractivity contribution in [2.75, 3.05) is 0 Å². The number of ether oxygens (including phenoxy) is 2. The first-order valence-corrected chi connectivity index (χ1v) is 4.07. The van der Waals surface area contributed by atoms with Gasteiger partial charge < -0.3 is 0 Å². The van der Waals surface area contributed by atoms with Gasteiger partial charge in [0.25, 0.3) is 0 Å². The summed E-state index contributed by atoms with van der Waals surface area (Å²) >= 11 is 0. The monoisotopic (exact) mass is 304 g/mol. The lowest BCUT2D eigenvalue weighted by Gasteiger charge is -2.32. The van der Waals surface area contributed by atoms with E-state index in [0.29, 0.717) is 0 Å². The molecule has 0 aromatic rings. The van der Waals surface area contributed by atoms with Gasteiger partial charge in [0.2, 0.25) is 0 Å². The van der Waals surface area contributed by atoms with Crippen LogP contribution in [0.4, 0.5) is 39.5 Å². The summed E-state index contributed by atoms with van der Waals surface area (Å²) in [5.74, 6) is -7.86. The Hall–Kier alpha value is -1.23. The van der Waals surface area contributed by atoms with Crippen molar-refractivity contribution in [1.82, 2.24) is 0 Å². The highest BCUT2D eigenvalue weighted by Crippen LogP contribution is 2.44. The molecule has 19 heavy (non-hydrogen) atoms. The van der Waals surface area contributed by atoms with Crippen molar-refractivity contribution in [2.24, 2.45) is 0 Å². The Bertz CT molecular complexity index is 362. The van der Waals surface area contributed by atoms with Gasteiger partial charge in [0.15, 0.2) is 5.83 Å². The molecule has 1 unspecified atom stereocenters. The van der Waals surface area contributed by atoms with Gasteiger partial charge in [-0.25, -0.2) is 9.13 Å². The largest absolute Gasteiger partial charge is 0.527 e. The van der Waals surface area contributed by atoms with Crippen molar-refractivity contribution in [2.45, 2.75) is 24.4 Å². The molecule has 0 amide bonds. The van der Waals surface area contributed by atoms with E-state index in [1.54, 1.807) is 0 Å². The molecular formula is C8H5F9O2. The fourth-order valence-electron chi connectivity index (χ4n) is 0.677. The van der Waals surface area contributed by atoms with Gasteiger partial charge in [-0.15, -0.1) is 13.2 Å². The lowest BCUT2D eigenvalue weighted by atomic mass is 10.3.